The van der Waals surface area contributed by atoms with Crippen molar-refractivity contribution >= 4 is 27.5 Å². The zero-order valence-corrected chi connectivity index (χ0v) is 18.0. The summed E-state index contributed by atoms with van der Waals surface area (Å²) < 4.78 is 7.03. The van der Waals surface area contributed by atoms with Crippen molar-refractivity contribution in [2.75, 3.05) is 7.05 Å². The molecule has 0 aliphatic rings. The number of hydrogen-bond donors (Lipinski definition) is 1. The van der Waals surface area contributed by atoms with Gasteiger partial charge in [0, 0.05) is 31.8 Å². The predicted octanol–water partition coefficient (Wildman–Crippen LogP) is 5.56. The van der Waals surface area contributed by atoms with E-state index in [1.807, 2.05) is 18.2 Å². The average Bonchev–Trinajstić information content (AvgIpc) is 3.15. The van der Waals surface area contributed by atoms with E-state index in [0.717, 1.165) is 21.6 Å². The molecule has 0 bridgehead atoms. The number of aromatic nitrogens is 2. The molecule has 30 heavy (non-hydrogen) atoms. The van der Waals surface area contributed by atoms with E-state index in [1.54, 1.807) is 36.7 Å². The number of pyridine rings is 1. The molecule has 0 spiro atoms. The molecule has 0 saturated heterocycles. The van der Waals surface area contributed by atoms with Crippen LogP contribution in [0.5, 0.6) is 11.5 Å². The zero-order valence-electron chi connectivity index (χ0n) is 17.2. The van der Waals surface area contributed by atoms with E-state index in [2.05, 4.69) is 48.4 Å². The third-order valence-corrected chi connectivity index (χ3v) is 5.87. The van der Waals surface area contributed by atoms with Crippen LogP contribution in [0.1, 0.15) is 46.4 Å². The normalized spacial score (nSPS) is 11.1. The molecule has 6 heteroatoms. The van der Waals surface area contributed by atoms with Crippen molar-refractivity contribution < 1.29 is 9.53 Å². The van der Waals surface area contributed by atoms with Gasteiger partial charge in [0.2, 0.25) is 0 Å². The molecule has 2 heterocycles. The van der Waals surface area contributed by atoms with Crippen molar-refractivity contribution in [1.29, 1.82) is 0 Å². The number of fused-ring (bicyclic) bond motifs is 1. The average molecular weight is 418 g/mol. The van der Waals surface area contributed by atoms with Crippen LogP contribution >= 0.6 is 11.3 Å². The van der Waals surface area contributed by atoms with Gasteiger partial charge in [-0.2, -0.15) is 0 Å². The van der Waals surface area contributed by atoms with Gasteiger partial charge < -0.3 is 10.1 Å². The third kappa shape index (κ3) is 4.33. The predicted molar refractivity (Wildman–Crippen MR) is 121 cm³/mol. The molecule has 0 aliphatic heterocycles. The molecular weight excluding hydrogens is 394 g/mol. The van der Waals surface area contributed by atoms with Crippen molar-refractivity contribution in [3.8, 4) is 11.5 Å². The molecule has 0 radical (unpaired) electrons. The van der Waals surface area contributed by atoms with Crippen LogP contribution in [-0.4, -0.2) is 22.9 Å². The van der Waals surface area contributed by atoms with Gasteiger partial charge in [-0.25, -0.2) is 4.98 Å². The number of carbonyl (C=O) groups is 1. The molecule has 2 aromatic carbocycles. The highest BCUT2D eigenvalue weighted by Gasteiger charge is 2.11. The Morgan fingerprint density at radius 1 is 1.10 bits per heavy atom. The Balaban J connectivity index is 1.57. The van der Waals surface area contributed by atoms with Gasteiger partial charge in [-0.15, -0.1) is 11.3 Å². The molecule has 1 N–H and O–H groups in total. The summed E-state index contributed by atoms with van der Waals surface area (Å²) in [6.45, 7) is 4.44. The van der Waals surface area contributed by atoms with Gasteiger partial charge in [-0.3, -0.25) is 9.78 Å². The number of nitrogens with one attached hydrogen (secondary N) is 1. The summed E-state index contributed by atoms with van der Waals surface area (Å²) in [5.41, 5.74) is 3.97. The third-order valence-electron chi connectivity index (χ3n) is 4.85. The van der Waals surface area contributed by atoms with Crippen molar-refractivity contribution in [2.45, 2.75) is 26.2 Å². The molecular formula is C24H23N3O2S. The van der Waals surface area contributed by atoms with Crippen LogP contribution in [0, 0.1) is 0 Å². The summed E-state index contributed by atoms with van der Waals surface area (Å²) >= 11 is 1.68. The van der Waals surface area contributed by atoms with E-state index in [4.69, 9.17) is 9.72 Å². The zero-order chi connectivity index (χ0) is 21.1. The maximum absolute atomic E-state index is 11.8. The second-order valence-corrected chi connectivity index (χ2v) is 8.44. The molecule has 0 atom stereocenters. The highest BCUT2D eigenvalue weighted by Crippen LogP contribution is 2.31. The SMILES string of the molecule is CNC(=O)c1cc(Oc2ccc3nc(Cc4ccccc4C(C)C)sc3c2)ccn1. The van der Waals surface area contributed by atoms with E-state index in [1.165, 1.54) is 11.1 Å². The number of amides is 1. The molecule has 152 valence electrons. The van der Waals surface area contributed by atoms with Crippen molar-refractivity contribution in [2.24, 2.45) is 0 Å². The Morgan fingerprint density at radius 2 is 1.90 bits per heavy atom. The van der Waals surface area contributed by atoms with E-state index in [0.29, 0.717) is 23.1 Å². The topological polar surface area (TPSA) is 64.1 Å². The molecule has 5 nitrogen and oxygen atoms in total. The van der Waals surface area contributed by atoms with Crippen LogP contribution < -0.4 is 10.1 Å². The van der Waals surface area contributed by atoms with Crippen LogP contribution in [0.4, 0.5) is 0 Å². The van der Waals surface area contributed by atoms with Crippen LogP contribution in [0.3, 0.4) is 0 Å². The number of thiazole rings is 1. The standard InChI is InChI=1S/C24H23N3O2S/c1-15(2)19-7-5-4-6-16(19)12-23-27-20-9-8-17(14-22(20)30-23)29-18-10-11-26-21(13-18)24(28)25-3/h4-11,13-15H,12H2,1-3H3,(H,25,28). The summed E-state index contributed by atoms with van der Waals surface area (Å²) in [6, 6.07) is 17.8. The van der Waals surface area contributed by atoms with Gasteiger partial charge in [0.15, 0.2) is 0 Å². The highest BCUT2D eigenvalue weighted by atomic mass is 32.1. The van der Waals surface area contributed by atoms with Crippen LogP contribution in [-0.2, 0) is 6.42 Å². The summed E-state index contributed by atoms with van der Waals surface area (Å²) in [7, 11) is 1.58. The number of nitrogens with zero attached hydrogens (tertiary/aromatic N) is 2. The van der Waals surface area contributed by atoms with Crippen molar-refractivity contribution in [3.05, 3.63) is 82.6 Å². The Labute approximate surface area is 179 Å². The lowest BCUT2D eigenvalue weighted by molar-refractivity contribution is 0.0958. The lowest BCUT2D eigenvalue weighted by Crippen LogP contribution is -2.18. The Hall–Kier alpha value is -3.25. The first kappa shape index (κ1) is 20.0. The fourth-order valence-electron chi connectivity index (χ4n) is 3.38. The molecule has 0 unspecified atom stereocenters. The monoisotopic (exact) mass is 417 g/mol. The lowest BCUT2D eigenvalue weighted by atomic mass is 9.96. The van der Waals surface area contributed by atoms with Crippen molar-refractivity contribution in [1.82, 2.24) is 15.3 Å². The first-order valence-corrected chi connectivity index (χ1v) is 10.7. The van der Waals surface area contributed by atoms with E-state index in [9.17, 15) is 4.79 Å². The second kappa shape index (κ2) is 8.63. The largest absolute Gasteiger partial charge is 0.457 e. The first-order valence-electron chi connectivity index (χ1n) is 9.86. The van der Waals surface area contributed by atoms with Gasteiger partial charge in [0.1, 0.15) is 17.2 Å². The summed E-state index contributed by atoms with van der Waals surface area (Å²) in [5.74, 6) is 1.51. The van der Waals surface area contributed by atoms with Gasteiger partial charge >= 0.3 is 0 Å². The lowest BCUT2D eigenvalue weighted by Gasteiger charge is -2.11. The maximum Gasteiger partial charge on any atom is 0.269 e. The molecule has 0 aliphatic carbocycles. The molecule has 4 rings (SSSR count). The van der Waals surface area contributed by atoms with Crippen LogP contribution in [0.2, 0.25) is 0 Å². The van der Waals surface area contributed by atoms with Crippen molar-refractivity contribution in [3.63, 3.8) is 0 Å². The second-order valence-electron chi connectivity index (χ2n) is 7.33. The minimum atomic E-state index is -0.246. The first-order chi connectivity index (χ1) is 14.5. The molecule has 2 aromatic heterocycles. The highest BCUT2D eigenvalue weighted by molar-refractivity contribution is 7.18. The maximum atomic E-state index is 11.8. The fraction of sp³-hybridized carbons (Fsp3) is 0.208. The Morgan fingerprint density at radius 3 is 2.70 bits per heavy atom. The van der Waals surface area contributed by atoms with Gasteiger partial charge in [-0.05, 0) is 35.2 Å². The molecule has 0 saturated carbocycles. The minimum Gasteiger partial charge on any atom is -0.457 e. The van der Waals surface area contributed by atoms with Gasteiger partial charge in [0.25, 0.3) is 5.91 Å². The summed E-state index contributed by atoms with van der Waals surface area (Å²) in [5, 5.41) is 3.65. The molecule has 4 aromatic rings. The minimum absolute atomic E-state index is 0.246. The van der Waals surface area contributed by atoms with E-state index < -0.39 is 0 Å². The molecule has 1 amide bonds. The fourth-order valence-corrected chi connectivity index (χ4v) is 4.39. The summed E-state index contributed by atoms with van der Waals surface area (Å²) in [4.78, 5) is 20.6. The van der Waals surface area contributed by atoms with E-state index in [-0.39, 0.29) is 5.91 Å². The summed E-state index contributed by atoms with van der Waals surface area (Å²) in [6.07, 6.45) is 2.39. The number of hydrogen-bond acceptors (Lipinski definition) is 5. The number of carbonyl (C=O) groups excluding carboxylic acids is 1. The quantitative estimate of drug-likeness (QED) is 0.446. The van der Waals surface area contributed by atoms with Gasteiger partial charge in [-0.1, -0.05) is 38.1 Å². The van der Waals surface area contributed by atoms with Gasteiger partial charge in [0.05, 0.1) is 15.2 Å². The number of benzene rings is 2. The van der Waals surface area contributed by atoms with Crippen LogP contribution in [0.25, 0.3) is 10.2 Å². The Bertz CT molecular complexity index is 1200. The van der Waals surface area contributed by atoms with Crippen LogP contribution in [0.15, 0.2) is 60.8 Å². The number of rotatable bonds is 6. The van der Waals surface area contributed by atoms with E-state index >= 15 is 0 Å². The molecule has 0 fully saturated rings. The smallest absolute Gasteiger partial charge is 0.269 e. The number of ether oxygens (including phenoxy) is 1. The Kier molecular flexibility index (Phi) is 5.77.